The third-order valence-corrected chi connectivity index (χ3v) is 6.22. The minimum absolute atomic E-state index is 0.176. The number of hydrogen-bond acceptors (Lipinski definition) is 2. The maximum Gasteiger partial charge on any atom is 0.222 e. The van der Waals surface area contributed by atoms with E-state index >= 15 is 0 Å². The number of nitrogens with one attached hydrogen (secondary N) is 1. The number of ether oxygens (including phenoxy) is 1. The second kappa shape index (κ2) is 6.54. The third kappa shape index (κ3) is 2.85. The Hall–Kier alpha value is -2.59. The van der Waals surface area contributed by atoms with Gasteiger partial charge in [-0.05, 0) is 42.0 Å². The summed E-state index contributed by atoms with van der Waals surface area (Å²) in [7, 11) is 0. The van der Waals surface area contributed by atoms with Gasteiger partial charge in [0.05, 0.1) is 12.2 Å². The van der Waals surface area contributed by atoms with Gasteiger partial charge in [-0.25, -0.2) is 0 Å². The van der Waals surface area contributed by atoms with Gasteiger partial charge in [-0.15, -0.1) is 0 Å². The van der Waals surface area contributed by atoms with Gasteiger partial charge < -0.3 is 14.6 Å². The normalized spacial score (nSPS) is 18.1. The van der Waals surface area contributed by atoms with Gasteiger partial charge in [-0.3, -0.25) is 4.79 Å². The summed E-state index contributed by atoms with van der Waals surface area (Å²) in [6.45, 7) is 2.26. The van der Waals surface area contributed by atoms with Gasteiger partial charge in [-0.2, -0.15) is 0 Å². The molecule has 2 aromatic carbocycles. The molecule has 1 amide bonds. The smallest absolute Gasteiger partial charge is 0.222 e. The van der Waals surface area contributed by atoms with E-state index in [2.05, 4.69) is 41.4 Å². The maximum absolute atomic E-state index is 12.8. The number of H-pyrrole nitrogens is 1. The number of amides is 1. The number of aromatic amines is 1. The van der Waals surface area contributed by atoms with E-state index in [0.717, 1.165) is 37.9 Å². The van der Waals surface area contributed by atoms with Gasteiger partial charge in [-0.1, -0.05) is 42.5 Å². The molecule has 0 saturated carbocycles. The van der Waals surface area contributed by atoms with Crippen LogP contribution in [0.15, 0.2) is 54.7 Å². The summed E-state index contributed by atoms with van der Waals surface area (Å²) in [6.07, 6.45) is 5.16. The lowest BCUT2D eigenvalue weighted by atomic mass is 9.83. The van der Waals surface area contributed by atoms with Gasteiger partial charge >= 0.3 is 0 Å². The Kier molecular flexibility index (Phi) is 4.01. The number of carbonyl (C=O) groups is 1. The van der Waals surface area contributed by atoms with Crippen LogP contribution in [0, 0.1) is 0 Å². The topological polar surface area (TPSA) is 45.3 Å². The summed E-state index contributed by atoms with van der Waals surface area (Å²) < 4.78 is 6.20. The van der Waals surface area contributed by atoms with Crippen molar-refractivity contribution in [3.05, 3.63) is 71.4 Å². The van der Waals surface area contributed by atoms with Gasteiger partial charge in [0.2, 0.25) is 5.91 Å². The Bertz CT molecular complexity index is 983. The van der Waals surface area contributed by atoms with Gasteiger partial charge in [0.25, 0.3) is 0 Å². The van der Waals surface area contributed by atoms with Crippen LogP contribution in [-0.4, -0.2) is 28.9 Å². The fourth-order valence-corrected chi connectivity index (χ4v) is 4.65. The molecule has 2 aliphatic rings. The van der Waals surface area contributed by atoms with Crippen molar-refractivity contribution >= 4 is 16.8 Å². The summed E-state index contributed by atoms with van der Waals surface area (Å²) in [6, 6.07) is 16.8. The van der Waals surface area contributed by atoms with Crippen molar-refractivity contribution in [1.82, 2.24) is 9.88 Å². The van der Waals surface area contributed by atoms with E-state index < -0.39 is 0 Å². The summed E-state index contributed by atoms with van der Waals surface area (Å²) in [5.41, 5.74) is 4.81. The quantitative estimate of drug-likeness (QED) is 0.763. The highest BCUT2D eigenvalue weighted by atomic mass is 16.5. The zero-order chi connectivity index (χ0) is 18.3. The average Bonchev–Trinajstić information content (AvgIpc) is 3.29. The SMILES string of the molecule is O=C(CCc1c[nH]c2ccccc12)N1CCC2(CC1)OCc1ccccc12. The van der Waals surface area contributed by atoms with Crippen molar-refractivity contribution in [2.75, 3.05) is 13.1 Å². The molecule has 1 fully saturated rings. The number of fused-ring (bicyclic) bond motifs is 3. The van der Waals surface area contributed by atoms with Crippen molar-refractivity contribution in [2.24, 2.45) is 0 Å². The Morgan fingerprint density at radius 3 is 2.74 bits per heavy atom. The lowest BCUT2D eigenvalue weighted by Gasteiger charge is -2.39. The Labute approximate surface area is 159 Å². The van der Waals surface area contributed by atoms with E-state index in [-0.39, 0.29) is 11.5 Å². The molecule has 138 valence electrons. The van der Waals surface area contributed by atoms with Crippen molar-refractivity contribution in [3.8, 4) is 0 Å². The van der Waals surface area contributed by atoms with E-state index in [1.807, 2.05) is 23.2 Å². The lowest BCUT2D eigenvalue weighted by Crippen LogP contribution is -2.45. The summed E-state index contributed by atoms with van der Waals surface area (Å²) in [5.74, 6) is 0.251. The average molecular weight is 360 g/mol. The van der Waals surface area contributed by atoms with Crippen molar-refractivity contribution in [3.63, 3.8) is 0 Å². The fraction of sp³-hybridized carbons (Fsp3) is 0.348. The number of hydrogen-bond donors (Lipinski definition) is 1. The molecule has 2 aliphatic heterocycles. The van der Waals surface area contributed by atoms with Gasteiger partial charge in [0.1, 0.15) is 0 Å². The van der Waals surface area contributed by atoms with E-state index in [9.17, 15) is 4.79 Å². The van der Waals surface area contributed by atoms with Crippen LogP contribution < -0.4 is 0 Å². The molecule has 4 nitrogen and oxygen atoms in total. The first-order chi connectivity index (χ1) is 13.3. The fourth-order valence-electron chi connectivity index (χ4n) is 4.65. The zero-order valence-electron chi connectivity index (χ0n) is 15.4. The summed E-state index contributed by atoms with van der Waals surface area (Å²) in [4.78, 5) is 18.1. The molecule has 1 spiro atoms. The standard InChI is InChI=1S/C23H24N2O2/c26-22(10-9-17-15-24-21-8-4-2-6-19(17)21)25-13-11-23(12-14-25)20-7-3-1-5-18(20)16-27-23/h1-8,15,24H,9-14,16H2. The Balaban J connectivity index is 1.22. The van der Waals surface area contributed by atoms with Crippen LogP contribution in [-0.2, 0) is 28.2 Å². The first kappa shape index (κ1) is 16.6. The van der Waals surface area contributed by atoms with Crippen LogP contribution in [0.1, 0.15) is 36.0 Å². The predicted molar refractivity (Wildman–Crippen MR) is 105 cm³/mol. The summed E-state index contributed by atoms with van der Waals surface area (Å²) in [5, 5.41) is 1.22. The molecule has 1 saturated heterocycles. The van der Waals surface area contributed by atoms with E-state index in [1.54, 1.807) is 0 Å². The number of benzene rings is 2. The molecule has 0 atom stereocenters. The minimum atomic E-state index is -0.176. The van der Waals surface area contributed by atoms with E-state index in [4.69, 9.17) is 4.74 Å². The van der Waals surface area contributed by atoms with Crippen LogP contribution in [0.3, 0.4) is 0 Å². The lowest BCUT2D eigenvalue weighted by molar-refractivity contribution is -0.138. The second-order valence-electron chi connectivity index (χ2n) is 7.68. The number of piperidine rings is 1. The number of carbonyl (C=O) groups excluding carboxylic acids is 1. The molecule has 27 heavy (non-hydrogen) atoms. The van der Waals surface area contributed by atoms with Crippen LogP contribution in [0.25, 0.3) is 10.9 Å². The largest absolute Gasteiger partial charge is 0.365 e. The van der Waals surface area contributed by atoms with Gasteiger partial charge in [0, 0.05) is 36.6 Å². The number of para-hydroxylation sites is 1. The molecule has 5 rings (SSSR count). The molecular weight excluding hydrogens is 336 g/mol. The van der Waals surface area contributed by atoms with Crippen LogP contribution >= 0.6 is 0 Å². The van der Waals surface area contributed by atoms with Gasteiger partial charge in [0.15, 0.2) is 0 Å². The van der Waals surface area contributed by atoms with Crippen molar-refractivity contribution in [2.45, 2.75) is 37.9 Å². The highest BCUT2D eigenvalue weighted by molar-refractivity contribution is 5.84. The molecule has 3 heterocycles. The van der Waals surface area contributed by atoms with Crippen molar-refractivity contribution in [1.29, 1.82) is 0 Å². The molecule has 0 unspecified atom stereocenters. The molecule has 3 aromatic rings. The third-order valence-electron chi connectivity index (χ3n) is 6.22. The molecule has 1 aromatic heterocycles. The Morgan fingerprint density at radius 2 is 1.85 bits per heavy atom. The molecule has 4 heteroatoms. The first-order valence-corrected chi connectivity index (χ1v) is 9.80. The first-order valence-electron chi connectivity index (χ1n) is 9.80. The second-order valence-corrected chi connectivity index (χ2v) is 7.68. The number of aromatic nitrogens is 1. The predicted octanol–water partition coefficient (Wildman–Crippen LogP) is 4.15. The number of nitrogens with zero attached hydrogens (tertiary/aromatic N) is 1. The monoisotopic (exact) mass is 360 g/mol. The van der Waals surface area contributed by atoms with Crippen LogP contribution in [0.2, 0.25) is 0 Å². The highest BCUT2D eigenvalue weighted by Gasteiger charge is 2.42. The highest BCUT2D eigenvalue weighted by Crippen LogP contribution is 2.44. The number of likely N-dealkylation sites (tertiary alicyclic amines) is 1. The van der Waals surface area contributed by atoms with Crippen LogP contribution in [0.5, 0.6) is 0 Å². The molecule has 0 radical (unpaired) electrons. The number of rotatable bonds is 3. The molecular formula is C23H24N2O2. The Morgan fingerprint density at radius 1 is 1.07 bits per heavy atom. The molecule has 0 aliphatic carbocycles. The maximum atomic E-state index is 12.8. The molecule has 0 bridgehead atoms. The molecule has 1 N–H and O–H groups in total. The van der Waals surface area contributed by atoms with E-state index in [0.29, 0.717) is 13.0 Å². The minimum Gasteiger partial charge on any atom is -0.365 e. The van der Waals surface area contributed by atoms with Crippen molar-refractivity contribution < 1.29 is 9.53 Å². The summed E-state index contributed by atoms with van der Waals surface area (Å²) >= 11 is 0. The van der Waals surface area contributed by atoms with E-state index in [1.165, 1.54) is 22.1 Å². The van der Waals surface area contributed by atoms with Crippen LogP contribution in [0.4, 0.5) is 0 Å². The zero-order valence-corrected chi connectivity index (χ0v) is 15.4. The number of aryl methyl sites for hydroxylation is 1.